The minimum atomic E-state index is -0.207. The van der Waals surface area contributed by atoms with E-state index < -0.39 is 0 Å². The Hall–Kier alpha value is -1.66. The molecule has 1 aliphatic rings. The number of nitrogens with zero attached hydrogens (tertiary/aromatic N) is 1. The van der Waals surface area contributed by atoms with Gasteiger partial charge in [-0.2, -0.15) is 0 Å². The van der Waals surface area contributed by atoms with Gasteiger partial charge in [0.1, 0.15) is 4.32 Å². The summed E-state index contributed by atoms with van der Waals surface area (Å²) >= 11 is 6.61. The molecule has 0 N–H and O–H groups in total. The van der Waals surface area contributed by atoms with E-state index in [9.17, 15) is 9.59 Å². The van der Waals surface area contributed by atoms with Gasteiger partial charge in [0, 0.05) is 13.0 Å². The molecule has 0 bridgehead atoms. The van der Waals surface area contributed by atoms with Gasteiger partial charge in [0.05, 0.1) is 11.5 Å². The number of amides is 1. The lowest BCUT2D eigenvalue weighted by molar-refractivity contribution is -0.144. The van der Waals surface area contributed by atoms with Crippen molar-refractivity contribution in [2.45, 2.75) is 39.0 Å². The van der Waals surface area contributed by atoms with Crippen molar-refractivity contribution < 1.29 is 14.3 Å². The third-order valence-corrected chi connectivity index (χ3v) is 5.12. The first-order chi connectivity index (χ1) is 12.1. The van der Waals surface area contributed by atoms with Gasteiger partial charge in [-0.1, -0.05) is 74.1 Å². The molecule has 6 heteroatoms. The molecule has 0 unspecified atom stereocenters. The van der Waals surface area contributed by atoms with Crippen LogP contribution in [0.25, 0.3) is 6.08 Å². The van der Waals surface area contributed by atoms with Crippen LogP contribution in [0.15, 0.2) is 35.2 Å². The highest BCUT2D eigenvalue weighted by atomic mass is 32.2. The van der Waals surface area contributed by atoms with Crippen molar-refractivity contribution in [3.8, 4) is 0 Å². The largest absolute Gasteiger partial charge is 0.466 e. The molecule has 25 heavy (non-hydrogen) atoms. The highest BCUT2D eigenvalue weighted by Crippen LogP contribution is 2.32. The second kappa shape index (κ2) is 10.4. The summed E-state index contributed by atoms with van der Waals surface area (Å²) in [5.74, 6) is -0.295. The van der Waals surface area contributed by atoms with Crippen molar-refractivity contribution in [2.24, 2.45) is 0 Å². The van der Waals surface area contributed by atoms with Crippen LogP contribution in [-0.4, -0.2) is 34.2 Å². The van der Waals surface area contributed by atoms with Gasteiger partial charge in [0.15, 0.2) is 0 Å². The van der Waals surface area contributed by atoms with Gasteiger partial charge in [-0.05, 0) is 24.5 Å². The number of carbonyl (C=O) groups excluding carboxylic acids is 2. The van der Waals surface area contributed by atoms with Gasteiger partial charge in [0.25, 0.3) is 5.91 Å². The van der Waals surface area contributed by atoms with E-state index >= 15 is 0 Å². The van der Waals surface area contributed by atoms with Gasteiger partial charge in [0.2, 0.25) is 0 Å². The number of unbranched alkanes of at least 4 members (excludes halogenated alkanes) is 2. The molecule has 0 spiro atoms. The highest BCUT2D eigenvalue weighted by molar-refractivity contribution is 8.26. The zero-order valence-corrected chi connectivity index (χ0v) is 16.0. The maximum atomic E-state index is 12.5. The van der Waals surface area contributed by atoms with Crippen LogP contribution in [0.3, 0.4) is 0 Å². The molecule has 1 aliphatic heterocycles. The average molecular weight is 378 g/mol. The second-order valence-electron chi connectivity index (χ2n) is 5.78. The summed E-state index contributed by atoms with van der Waals surface area (Å²) in [6, 6.07) is 9.68. The summed E-state index contributed by atoms with van der Waals surface area (Å²) in [5.41, 5.74) is 0.971. The molecule has 1 amide bonds. The molecule has 0 atom stereocenters. The van der Waals surface area contributed by atoms with Gasteiger partial charge >= 0.3 is 5.97 Å². The zero-order valence-electron chi connectivity index (χ0n) is 14.4. The van der Waals surface area contributed by atoms with E-state index in [1.165, 1.54) is 11.8 Å². The fraction of sp³-hybridized carbons (Fsp3) is 0.421. The van der Waals surface area contributed by atoms with Crippen molar-refractivity contribution in [1.29, 1.82) is 0 Å². The molecule has 134 valence electrons. The standard InChI is InChI=1S/C19H23NO3S2/c1-2-3-7-13-23-17(21)11-8-12-20-18(22)16(25-19(20)24)14-15-9-5-4-6-10-15/h4-6,9-10,14H,2-3,7-8,11-13H2,1H3/b16-14+. The molecule has 1 aromatic carbocycles. The molecule has 0 saturated carbocycles. The first kappa shape index (κ1) is 19.7. The molecule has 1 fully saturated rings. The maximum Gasteiger partial charge on any atom is 0.305 e. The van der Waals surface area contributed by atoms with Crippen molar-refractivity contribution in [3.63, 3.8) is 0 Å². The Bertz CT molecular complexity index is 643. The van der Waals surface area contributed by atoms with Crippen LogP contribution < -0.4 is 0 Å². The molecule has 1 saturated heterocycles. The molecular formula is C19H23NO3S2. The summed E-state index contributed by atoms with van der Waals surface area (Å²) in [6.45, 7) is 3.03. The first-order valence-electron chi connectivity index (χ1n) is 8.58. The van der Waals surface area contributed by atoms with E-state index in [0.29, 0.717) is 35.2 Å². The van der Waals surface area contributed by atoms with E-state index in [1.54, 1.807) is 4.90 Å². The minimum Gasteiger partial charge on any atom is -0.466 e. The number of rotatable bonds is 9. The zero-order chi connectivity index (χ0) is 18.1. The summed E-state index contributed by atoms with van der Waals surface area (Å²) < 4.78 is 5.72. The van der Waals surface area contributed by atoms with E-state index in [4.69, 9.17) is 17.0 Å². The number of esters is 1. The Morgan fingerprint density at radius 1 is 1.24 bits per heavy atom. The Morgan fingerprint density at radius 3 is 2.72 bits per heavy atom. The second-order valence-corrected chi connectivity index (χ2v) is 7.45. The molecule has 0 aromatic heterocycles. The average Bonchev–Trinajstić information content (AvgIpc) is 2.87. The summed E-state index contributed by atoms with van der Waals surface area (Å²) in [4.78, 5) is 26.3. The Morgan fingerprint density at radius 2 is 2.00 bits per heavy atom. The minimum absolute atomic E-state index is 0.0878. The molecule has 0 radical (unpaired) electrons. The van der Waals surface area contributed by atoms with Crippen LogP contribution in [0.2, 0.25) is 0 Å². The van der Waals surface area contributed by atoms with Crippen LogP contribution in [-0.2, 0) is 14.3 Å². The summed E-state index contributed by atoms with van der Waals surface area (Å²) in [6.07, 6.45) is 5.78. The lowest BCUT2D eigenvalue weighted by Gasteiger charge is -2.13. The van der Waals surface area contributed by atoms with Crippen molar-refractivity contribution in [3.05, 3.63) is 40.8 Å². The lowest BCUT2D eigenvalue weighted by Crippen LogP contribution is -2.29. The summed E-state index contributed by atoms with van der Waals surface area (Å²) in [5, 5.41) is 0. The Balaban J connectivity index is 1.79. The van der Waals surface area contributed by atoms with Gasteiger partial charge in [-0.25, -0.2) is 0 Å². The molecule has 4 nitrogen and oxygen atoms in total. The topological polar surface area (TPSA) is 46.6 Å². The van der Waals surface area contributed by atoms with E-state index in [2.05, 4.69) is 6.92 Å². The van der Waals surface area contributed by atoms with Gasteiger partial charge in [-0.15, -0.1) is 0 Å². The van der Waals surface area contributed by atoms with Crippen LogP contribution in [0.4, 0.5) is 0 Å². The summed E-state index contributed by atoms with van der Waals surface area (Å²) in [7, 11) is 0. The maximum absolute atomic E-state index is 12.5. The van der Waals surface area contributed by atoms with E-state index in [-0.39, 0.29) is 11.9 Å². The van der Waals surface area contributed by atoms with Crippen LogP contribution in [0.5, 0.6) is 0 Å². The smallest absolute Gasteiger partial charge is 0.305 e. The number of hydrogen-bond acceptors (Lipinski definition) is 5. The number of ether oxygens (including phenoxy) is 1. The SMILES string of the molecule is CCCCCOC(=O)CCCN1C(=O)/C(=C\c2ccccc2)SC1=S. The molecular weight excluding hydrogens is 354 g/mol. The predicted octanol–water partition coefficient (Wildman–Crippen LogP) is 4.40. The van der Waals surface area contributed by atoms with E-state index in [1.807, 2.05) is 36.4 Å². The number of hydrogen-bond donors (Lipinski definition) is 0. The molecule has 1 heterocycles. The van der Waals surface area contributed by atoms with Crippen molar-refractivity contribution in [2.75, 3.05) is 13.2 Å². The highest BCUT2D eigenvalue weighted by Gasteiger charge is 2.31. The monoisotopic (exact) mass is 377 g/mol. The van der Waals surface area contributed by atoms with Crippen molar-refractivity contribution in [1.82, 2.24) is 4.90 Å². The Kier molecular flexibility index (Phi) is 8.15. The first-order valence-corrected chi connectivity index (χ1v) is 9.80. The molecule has 0 aliphatic carbocycles. The number of benzene rings is 1. The lowest BCUT2D eigenvalue weighted by atomic mass is 10.2. The number of carbonyl (C=O) groups is 2. The fourth-order valence-electron chi connectivity index (χ4n) is 2.39. The molecule has 1 aromatic rings. The predicted molar refractivity (Wildman–Crippen MR) is 106 cm³/mol. The molecule has 2 rings (SSSR count). The third kappa shape index (κ3) is 6.29. The van der Waals surface area contributed by atoms with Crippen molar-refractivity contribution >= 4 is 46.3 Å². The van der Waals surface area contributed by atoms with Crippen LogP contribution in [0.1, 0.15) is 44.6 Å². The van der Waals surface area contributed by atoms with Crippen LogP contribution in [0, 0.1) is 0 Å². The van der Waals surface area contributed by atoms with Gasteiger partial charge in [-0.3, -0.25) is 14.5 Å². The number of thioether (sulfide) groups is 1. The number of thiocarbonyl (C=S) groups is 1. The van der Waals surface area contributed by atoms with Gasteiger partial charge < -0.3 is 4.74 Å². The van der Waals surface area contributed by atoms with E-state index in [0.717, 1.165) is 24.8 Å². The normalized spacial score (nSPS) is 15.9. The Labute approximate surface area is 158 Å². The quantitative estimate of drug-likeness (QED) is 0.276. The fourth-order valence-corrected chi connectivity index (χ4v) is 3.69. The van der Waals surface area contributed by atoms with Crippen LogP contribution >= 0.6 is 24.0 Å². The third-order valence-electron chi connectivity index (χ3n) is 3.74.